The zero-order valence-corrected chi connectivity index (χ0v) is 4.87. The van der Waals surface area contributed by atoms with Gasteiger partial charge in [0.1, 0.15) is 5.69 Å². The predicted octanol–water partition coefficient (Wildman–Crippen LogP) is 2.27. The van der Waals surface area contributed by atoms with Crippen molar-refractivity contribution in [2.75, 3.05) is 0 Å². The Hall–Kier alpha value is -1.18. The van der Waals surface area contributed by atoms with Crippen LogP contribution >= 0.6 is 0 Å². The molecule has 1 aromatic rings. The first-order valence-electron chi connectivity index (χ1n) is 2.58. The first-order valence-corrected chi connectivity index (χ1v) is 2.58. The molecule has 0 saturated carbocycles. The molecule has 0 N–H and O–H groups in total. The first-order chi connectivity index (χ1) is 4.33. The van der Waals surface area contributed by atoms with Crippen LogP contribution in [0.1, 0.15) is 5.56 Å². The maximum absolute atomic E-state index is 9.85. The van der Waals surface area contributed by atoms with Crippen LogP contribution in [-0.4, -0.2) is 0 Å². The first kappa shape index (κ1) is 5.95. The second-order valence-electron chi connectivity index (χ2n) is 1.76. The van der Waals surface area contributed by atoms with Crippen LogP contribution in [0.25, 0.3) is 0 Å². The average Bonchev–Trinajstić information content (AvgIpc) is 1.90. The Morgan fingerprint density at radius 2 is 1.78 bits per heavy atom. The van der Waals surface area contributed by atoms with Gasteiger partial charge >= 0.3 is 0 Å². The zero-order valence-electron chi connectivity index (χ0n) is 4.87. The molecule has 0 bridgehead atoms. The predicted molar refractivity (Wildman–Crippen MR) is 36.4 cm³/mol. The average molecular weight is 120 g/mol. The molecule has 0 saturated heterocycles. The maximum atomic E-state index is 9.85. The molecule has 0 aromatic heterocycles. The van der Waals surface area contributed by atoms with Crippen molar-refractivity contribution in [2.24, 2.45) is 5.18 Å². The van der Waals surface area contributed by atoms with Crippen molar-refractivity contribution in [2.45, 2.75) is 0 Å². The van der Waals surface area contributed by atoms with Gasteiger partial charge in [0.2, 0.25) is 0 Å². The molecular formula is C7H6NO. The second-order valence-corrected chi connectivity index (χ2v) is 1.76. The number of nitrogens with zero attached hydrogens (tertiary/aromatic N) is 1. The molecule has 0 fully saturated rings. The Kier molecular flexibility index (Phi) is 1.58. The third-order valence-electron chi connectivity index (χ3n) is 1.04. The molecule has 0 spiro atoms. The summed E-state index contributed by atoms with van der Waals surface area (Å²) in [7, 11) is 0. The van der Waals surface area contributed by atoms with E-state index in [1.807, 2.05) is 0 Å². The molecule has 45 valence electrons. The van der Waals surface area contributed by atoms with E-state index >= 15 is 0 Å². The molecule has 0 aliphatic carbocycles. The highest BCUT2D eigenvalue weighted by atomic mass is 16.3. The van der Waals surface area contributed by atoms with Crippen LogP contribution in [0.3, 0.4) is 0 Å². The number of rotatable bonds is 1. The van der Waals surface area contributed by atoms with Crippen molar-refractivity contribution in [3.8, 4) is 0 Å². The summed E-state index contributed by atoms with van der Waals surface area (Å²) in [4.78, 5) is 9.85. The monoisotopic (exact) mass is 120 g/mol. The molecule has 0 aliphatic heterocycles. The van der Waals surface area contributed by atoms with E-state index in [4.69, 9.17) is 0 Å². The summed E-state index contributed by atoms with van der Waals surface area (Å²) in [5.41, 5.74) is 1.34. The number of hydrogen-bond acceptors (Lipinski definition) is 2. The van der Waals surface area contributed by atoms with Gasteiger partial charge in [-0.1, -0.05) is 12.1 Å². The quantitative estimate of drug-likeness (QED) is 0.522. The Morgan fingerprint density at radius 3 is 2.22 bits per heavy atom. The van der Waals surface area contributed by atoms with Gasteiger partial charge in [-0.15, -0.1) is 4.91 Å². The summed E-state index contributed by atoms with van der Waals surface area (Å²) in [6.45, 7) is 3.65. The molecule has 0 atom stereocenters. The van der Waals surface area contributed by atoms with Gasteiger partial charge in [-0.2, -0.15) is 0 Å². The number of nitroso groups, excluding NO2 is 1. The van der Waals surface area contributed by atoms with Gasteiger partial charge in [0, 0.05) is 0 Å². The normalized spacial score (nSPS) is 9.00. The fourth-order valence-electron chi connectivity index (χ4n) is 0.557. The van der Waals surface area contributed by atoms with Crippen LogP contribution in [-0.2, 0) is 0 Å². The van der Waals surface area contributed by atoms with E-state index < -0.39 is 0 Å². The number of hydrogen-bond donors (Lipinski definition) is 0. The van der Waals surface area contributed by atoms with Crippen molar-refractivity contribution in [1.29, 1.82) is 0 Å². The smallest absolute Gasteiger partial charge is 0.108 e. The topological polar surface area (TPSA) is 29.4 Å². The maximum Gasteiger partial charge on any atom is 0.108 e. The number of benzene rings is 1. The molecule has 2 nitrogen and oxygen atoms in total. The van der Waals surface area contributed by atoms with Gasteiger partial charge in [0.05, 0.1) is 0 Å². The summed E-state index contributed by atoms with van der Waals surface area (Å²) < 4.78 is 0. The summed E-state index contributed by atoms with van der Waals surface area (Å²) in [6, 6.07) is 6.76. The molecule has 2 heteroatoms. The summed E-state index contributed by atoms with van der Waals surface area (Å²) in [6.07, 6.45) is 0. The highest BCUT2D eigenvalue weighted by Crippen LogP contribution is 2.10. The molecule has 1 aromatic carbocycles. The van der Waals surface area contributed by atoms with E-state index in [0.717, 1.165) is 5.56 Å². The van der Waals surface area contributed by atoms with Crippen molar-refractivity contribution >= 4 is 5.69 Å². The van der Waals surface area contributed by atoms with E-state index in [1.165, 1.54) is 0 Å². The van der Waals surface area contributed by atoms with Crippen LogP contribution in [0.5, 0.6) is 0 Å². The van der Waals surface area contributed by atoms with Crippen LogP contribution in [0.2, 0.25) is 0 Å². The summed E-state index contributed by atoms with van der Waals surface area (Å²) in [5, 5.41) is 2.73. The third-order valence-corrected chi connectivity index (χ3v) is 1.04. The molecule has 0 heterocycles. The molecule has 1 radical (unpaired) electrons. The van der Waals surface area contributed by atoms with Gasteiger partial charge in [-0.05, 0) is 29.8 Å². The van der Waals surface area contributed by atoms with Crippen molar-refractivity contribution in [3.63, 3.8) is 0 Å². The van der Waals surface area contributed by atoms with Crippen LogP contribution in [0, 0.1) is 11.8 Å². The Balaban J connectivity index is 3.01. The van der Waals surface area contributed by atoms with Gasteiger partial charge in [-0.25, -0.2) is 0 Å². The lowest BCUT2D eigenvalue weighted by atomic mass is 10.2. The molecule has 0 unspecified atom stereocenters. The fourth-order valence-corrected chi connectivity index (χ4v) is 0.557. The Bertz CT molecular complexity index is 203. The van der Waals surface area contributed by atoms with E-state index in [0.29, 0.717) is 5.69 Å². The van der Waals surface area contributed by atoms with Crippen molar-refractivity contribution in [1.82, 2.24) is 0 Å². The lowest BCUT2D eigenvalue weighted by molar-refractivity contribution is 1.48. The largest absolute Gasteiger partial charge is 0.145 e. The molecule has 0 aliphatic rings. The molecule has 0 amide bonds. The van der Waals surface area contributed by atoms with E-state index in [9.17, 15) is 4.91 Å². The van der Waals surface area contributed by atoms with E-state index in [-0.39, 0.29) is 0 Å². The lowest BCUT2D eigenvalue weighted by Gasteiger charge is -1.87. The second kappa shape index (κ2) is 2.40. The van der Waals surface area contributed by atoms with Gasteiger partial charge in [0.15, 0.2) is 0 Å². The van der Waals surface area contributed by atoms with Crippen LogP contribution < -0.4 is 0 Å². The van der Waals surface area contributed by atoms with E-state index in [2.05, 4.69) is 12.1 Å². The third kappa shape index (κ3) is 1.35. The van der Waals surface area contributed by atoms with Gasteiger partial charge in [-0.3, -0.25) is 0 Å². The fraction of sp³-hybridized carbons (Fsp3) is 0. The zero-order chi connectivity index (χ0) is 6.69. The van der Waals surface area contributed by atoms with Crippen LogP contribution in [0.15, 0.2) is 29.4 Å². The minimum atomic E-state index is 0.447. The minimum Gasteiger partial charge on any atom is -0.145 e. The Labute approximate surface area is 53.5 Å². The van der Waals surface area contributed by atoms with Crippen LogP contribution in [0.4, 0.5) is 5.69 Å². The van der Waals surface area contributed by atoms with Crippen molar-refractivity contribution < 1.29 is 0 Å². The minimum absolute atomic E-state index is 0.447. The Morgan fingerprint density at radius 1 is 1.22 bits per heavy atom. The van der Waals surface area contributed by atoms with Crippen molar-refractivity contribution in [3.05, 3.63) is 41.7 Å². The lowest BCUT2D eigenvalue weighted by Crippen LogP contribution is -1.66. The summed E-state index contributed by atoms with van der Waals surface area (Å²) in [5.74, 6) is 0. The highest BCUT2D eigenvalue weighted by molar-refractivity contribution is 5.38. The standard InChI is InChI=1S/C7H6NO/c1-6-2-4-7(8-9)5-3-6/h2-5H,1H2. The summed E-state index contributed by atoms with van der Waals surface area (Å²) >= 11 is 0. The SMILES string of the molecule is [CH2]c1ccc(N=O)cc1. The van der Waals surface area contributed by atoms with Gasteiger partial charge in [0.25, 0.3) is 0 Å². The molecule has 9 heavy (non-hydrogen) atoms. The van der Waals surface area contributed by atoms with Gasteiger partial charge < -0.3 is 0 Å². The highest BCUT2D eigenvalue weighted by Gasteiger charge is 1.86. The molecular weight excluding hydrogens is 114 g/mol. The van der Waals surface area contributed by atoms with E-state index in [1.54, 1.807) is 24.3 Å². The molecule has 1 rings (SSSR count).